The lowest BCUT2D eigenvalue weighted by atomic mass is 10.1. The summed E-state index contributed by atoms with van der Waals surface area (Å²) >= 11 is 0. The van der Waals surface area contributed by atoms with E-state index in [1.807, 2.05) is 0 Å². The number of carboxylic acids is 1. The van der Waals surface area contributed by atoms with Crippen LogP contribution in [0.5, 0.6) is 11.5 Å². The largest absolute Gasteiger partial charge is 0.504 e. The Morgan fingerprint density at radius 3 is 2.38 bits per heavy atom. The van der Waals surface area contributed by atoms with Gasteiger partial charge in [-0.25, -0.2) is 8.78 Å². The fraction of sp³-hybridized carbons (Fsp3) is 0.222. The number of aromatic hydroxyl groups is 1. The predicted octanol–water partition coefficient (Wildman–Crippen LogP) is 2.33. The van der Waals surface area contributed by atoms with Crippen LogP contribution in [0.1, 0.15) is 11.1 Å². The van der Waals surface area contributed by atoms with Gasteiger partial charge in [0.25, 0.3) is 0 Å². The van der Waals surface area contributed by atoms with Gasteiger partial charge in [0.05, 0.1) is 13.5 Å². The van der Waals surface area contributed by atoms with Crippen LogP contribution in [0.2, 0.25) is 0 Å². The molecule has 2 aromatic rings. The van der Waals surface area contributed by atoms with Gasteiger partial charge in [-0.1, -0.05) is 12.1 Å². The molecule has 138 valence electrons. The van der Waals surface area contributed by atoms with Gasteiger partial charge < -0.3 is 19.8 Å². The fourth-order valence-electron chi connectivity index (χ4n) is 2.37. The van der Waals surface area contributed by atoms with Crippen molar-refractivity contribution in [1.82, 2.24) is 4.90 Å². The number of hydrogen-bond donors (Lipinski definition) is 2. The molecule has 8 heteroatoms. The Morgan fingerprint density at radius 2 is 1.77 bits per heavy atom. The first kappa shape index (κ1) is 19.2. The number of nitrogens with zero attached hydrogens (tertiary/aromatic N) is 1. The zero-order valence-electron chi connectivity index (χ0n) is 13.9. The van der Waals surface area contributed by atoms with E-state index in [1.165, 1.54) is 31.4 Å². The fourth-order valence-corrected chi connectivity index (χ4v) is 2.37. The van der Waals surface area contributed by atoms with E-state index >= 15 is 0 Å². The molecule has 0 heterocycles. The van der Waals surface area contributed by atoms with E-state index in [2.05, 4.69) is 0 Å². The van der Waals surface area contributed by atoms with Crippen molar-refractivity contribution in [2.45, 2.75) is 13.0 Å². The van der Waals surface area contributed by atoms with Crippen molar-refractivity contribution in [2.75, 3.05) is 13.7 Å². The Morgan fingerprint density at radius 1 is 1.08 bits per heavy atom. The molecule has 2 rings (SSSR count). The number of carbonyl (C=O) groups is 2. The first-order chi connectivity index (χ1) is 12.3. The highest BCUT2D eigenvalue weighted by Gasteiger charge is 2.19. The maximum absolute atomic E-state index is 13.3. The van der Waals surface area contributed by atoms with Crippen molar-refractivity contribution in [3.8, 4) is 11.5 Å². The second kappa shape index (κ2) is 8.28. The van der Waals surface area contributed by atoms with Crippen LogP contribution < -0.4 is 4.74 Å². The molecule has 2 N–H and O–H groups in total. The van der Waals surface area contributed by atoms with Crippen LogP contribution in [0.15, 0.2) is 36.4 Å². The Balaban J connectivity index is 2.18. The van der Waals surface area contributed by atoms with Gasteiger partial charge >= 0.3 is 5.97 Å². The number of halogens is 2. The standard InChI is InChI=1S/C18H17F2NO5/c1-26-16-7-11(3-5-15(16)22)8-17(23)21(10-18(24)25)9-12-2-4-13(19)14(20)6-12/h2-7,22H,8-10H2,1H3,(H,24,25). The summed E-state index contributed by atoms with van der Waals surface area (Å²) in [4.78, 5) is 24.5. The molecule has 0 bridgehead atoms. The summed E-state index contributed by atoms with van der Waals surface area (Å²) in [5.41, 5.74) is 0.770. The average Bonchev–Trinajstić information content (AvgIpc) is 2.58. The predicted molar refractivity (Wildman–Crippen MR) is 87.8 cm³/mol. The molecular weight excluding hydrogens is 348 g/mol. The molecule has 0 aromatic heterocycles. The Bertz CT molecular complexity index is 825. The second-order valence-electron chi connectivity index (χ2n) is 5.57. The van der Waals surface area contributed by atoms with Crippen LogP contribution in [0, 0.1) is 11.6 Å². The summed E-state index contributed by atoms with van der Waals surface area (Å²) in [5, 5.41) is 18.6. The lowest BCUT2D eigenvalue weighted by molar-refractivity contribution is -0.144. The number of phenols is 1. The maximum Gasteiger partial charge on any atom is 0.323 e. The number of methoxy groups -OCH3 is 1. The number of hydrogen-bond acceptors (Lipinski definition) is 4. The first-order valence-electron chi connectivity index (χ1n) is 7.59. The Kier molecular flexibility index (Phi) is 6.11. The monoisotopic (exact) mass is 365 g/mol. The van der Waals surface area contributed by atoms with Crippen LogP contribution in [-0.2, 0) is 22.6 Å². The van der Waals surface area contributed by atoms with Crippen molar-refractivity contribution < 1.29 is 33.3 Å². The number of rotatable bonds is 7. The second-order valence-corrected chi connectivity index (χ2v) is 5.57. The van der Waals surface area contributed by atoms with Crippen LogP contribution in [0.4, 0.5) is 8.78 Å². The molecule has 0 aliphatic rings. The summed E-state index contributed by atoms with van der Waals surface area (Å²) in [6, 6.07) is 7.44. The van der Waals surface area contributed by atoms with Crippen LogP contribution in [0.25, 0.3) is 0 Å². The number of carboxylic acid groups (broad SMARTS) is 1. The number of ether oxygens (including phenoxy) is 1. The maximum atomic E-state index is 13.3. The zero-order valence-corrected chi connectivity index (χ0v) is 13.9. The van der Waals surface area contributed by atoms with Crippen LogP contribution in [0.3, 0.4) is 0 Å². The molecule has 0 saturated heterocycles. The van der Waals surface area contributed by atoms with Crippen molar-refractivity contribution in [3.05, 3.63) is 59.2 Å². The molecule has 2 aromatic carbocycles. The third-order valence-electron chi connectivity index (χ3n) is 3.64. The van der Waals surface area contributed by atoms with Gasteiger partial charge in [0.2, 0.25) is 5.91 Å². The minimum Gasteiger partial charge on any atom is -0.504 e. The zero-order chi connectivity index (χ0) is 19.3. The molecule has 6 nitrogen and oxygen atoms in total. The summed E-state index contributed by atoms with van der Waals surface area (Å²) in [6.07, 6.45) is -0.145. The third-order valence-corrected chi connectivity index (χ3v) is 3.64. The van der Waals surface area contributed by atoms with E-state index in [9.17, 15) is 23.5 Å². The molecule has 0 unspecified atom stereocenters. The molecular formula is C18H17F2NO5. The molecule has 26 heavy (non-hydrogen) atoms. The number of phenolic OH excluding ortho intramolecular Hbond substituents is 1. The highest BCUT2D eigenvalue weighted by molar-refractivity contribution is 5.83. The molecule has 0 spiro atoms. The van der Waals surface area contributed by atoms with Crippen molar-refractivity contribution >= 4 is 11.9 Å². The molecule has 0 radical (unpaired) electrons. The van der Waals surface area contributed by atoms with Gasteiger partial charge in [-0.15, -0.1) is 0 Å². The molecule has 0 saturated carbocycles. The van der Waals surface area contributed by atoms with Gasteiger partial charge in [0.15, 0.2) is 23.1 Å². The summed E-state index contributed by atoms with van der Waals surface area (Å²) in [7, 11) is 1.36. The third kappa shape index (κ3) is 4.92. The quantitative estimate of drug-likeness (QED) is 0.786. The van der Waals surface area contributed by atoms with Gasteiger partial charge in [0.1, 0.15) is 6.54 Å². The highest BCUT2D eigenvalue weighted by atomic mass is 19.2. The lowest BCUT2D eigenvalue weighted by Crippen LogP contribution is -2.36. The number of carbonyl (C=O) groups excluding carboxylic acids is 1. The van der Waals surface area contributed by atoms with E-state index in [0.29, 0.717) is 5.56 Å². The number of benzene rings is 2. The van der Waals surface area contributed by atoms with E-state index < -0.39 is 30.1 Å². The Labute approximate surface area is 148 Å². The first-order valence-corrected chi connectivity index (χ1v) is 7.59. The molecule has 0 aliphatic heterocycles. The number of aliphatic carboxylic acids is 1. The summed E-state index contributed by atoms with van der Waals surface area (Å²) in [5.74, 6) is -3.77. The van der Waals surface area contributed by atoms with Crippen LogP contribution >= 0.6 is 0 Å². The Hall–Kier alpha value is -3.16. The van der Waals surface area contributed by atoms with E-state index in [1.54, 1.807) is 0 Å². The highest BCUT2D eigenvalue weighted by Crippen LogP contribution is 2.26. The normalized spacial score (nSPS) is 10.4. The van der Waals surface area contributed by atoms with Crippen LogP contribution in [-0.4, -0.2) is 40.6 Å². The van der Waals surface area contributed by atoms with E-state index in [0.717, 1.165) is 17.0 Å². The lowest BCUT2D eigenvalue weighted by Gasteiger charge is -2.21. The summed E-state index contributed by atoms with van der Waals surface area (Å²) < 4.78 is 31.3. The summed E-state index contributed by atoms with van der Waals surface area (Å²) in [6.45, 7) is -0.773. The van der Waals surface area contributed by atoms with Gasteiger partial charge in [-0.05, 0) is 35.4 Å². The minimum atomic E-state index is -1.23. The van der Waals surface area contributed by atoms with Gasteiger partial charge in [-0.3, -0.25) is 9.59 Å². The van der Waals surface area contributed by atoms with E-state index in [-0.39, 0.29) is 30.0 Å². The SMILES string of the molecule is COc1cc(CC(=O)N(CC(=O)O)Cc2ccc(F)c(F)c2)ccc1O. The average molecular weight is 365 g/mol. The topological polar surface area (TPSA) is 87.1 Å². The van der Waals surface area contributed by atoms with Gasteiger partial charge in [-0.2, -0.15) is 0 Å². The van der Waals surface area contributed by atoms with Crippen molar-refractivity contribution in [2.24, 2.45) is 0 Å². The number of amides is 1. The molecule has 0 aliphatic carbocycles. The minimum absolute atomic E-state index is 0.0899. The van der Waals surface area contributed by atoms with Crippen molar-refractivity contribution in [3.63, 3.8) is 0 Å². The van der Waals surface area contributed by atoms with E-state index in [4.69, 9.17) is 9.84 Å². The molecule has 0 fully saturated rings. The van der Waals surface area contributed by atoms with Crippen molar-refractivity contribution in [1.29, 1.82) is 0 Å². The molecule has 0 atom stereocenters. The smallest absolute Gasteiger partial charge is 0.323 e. The van der Waals surface area contributed by atoms with Gasteiger partial charge in [0, 0.05) is 6.54 Å². The molecule has 1 amide bonds.